The highest BCUT2D eigenvalue weighted by atomic mass is 16.3. The minimum Gasteiger partial charge on any atom is -0.388 e. The minimum atomic E-state index is -0.782. The smallest absolute Gasteiger partial charge is 0.246 e. The van der Waals surface area contributed by atoms with E-state index in [2.05, 4.69) is 11.7 Å². The van der Waals surface area contributed by atoms with E-state index in [9.17, 15) is 9.90 Å². The third-order valence-corrected chi connectivity index (χ3v) is 4.53. The summed E-state index contributed by atoms with van der Waals surface area (Å²) in [6, 6.07) is 7.82. The lowest BCUT2D eigenvalue weighted by atomic mass is 9.84. The first kappa shape index (κ1) is 15.7. The Kier molecular flexibility index (Phi) is 4.48. The average Bonchev–Trinajstić information content (AvgIpc) is 2.96. The van der Waals surface area contributed by atoms with Gasteiger partial charge in [-0.2, -0.15) is 5.10 Å². The summed E-state index contributed by atoms with van der Waals surface area (Å²) in [4.78, 5) is 13.9. The molecular weight excluding hydrogens is 290 g/mol. The summed E-state index contributed by atoms with van der Waals surface area (Å²) in [5, 5.41) is 15.2. The Bertz CT molecular complexity index is 668. The number of pyridine rings is 1. The van der Waals surface area contributed by atoms with E-state index in [1.165, 1.54) is 6.08 Å². The molecule has 0 saturated heterocycles. The van der Waals surface area contributed by atoms with Crippen molar-refractivity contribution >= 4 is 11.4 Å². The molecule has 0 aliphatic heterocycles. The van der Waals surface area contributed by atoms with Gasteiger partial charge in [0, 0.05) is 6.20 Å². The molecule has 0 aromatic carbocycles. The van der Waals surface area contributed by atoms with Gasteiger partial charge in [0.25, 0.3) is 0 Å². The molecule has 1 N–H and O–H groups in total. The van der Waals surface area contributed by atoms with Crippen LogP contribution in [0.15, 0.2) is 43.1 Å². The van der Waals surface area contributed by atoms with Crippen LogP contribution in [-0.4, -0.2) is 37.7 Å². The summed E-state index contributed by atoms with van der Waals surface area (Å²) in [6.45, 7) is 4.31. The van der Waals surface area contributed by atoms with E-state index >= 15 is 0 Å². The highest BCUT2D eigenvalue weighted by Crippen LogP contribution is 2.29. The van der Waals surface area contributed by atoms with E-state index in [0.717, 1.165) is 43.3 Å². The fourth-order valence-corrected chi connectivity index (χ4v) is 3.33. The molecule has 2 aromatic rings. The van der Waals surface area contributed by atoms with Crippen molar-refractivity contribution in [1.82, 2.24) is 14.5 Å². The highest BCUT2D eigenvalue weighted by molar-refractivity contribution is 5.87. The van der Waals surface area contributed by atoms with Crippen LogP contribution in [0.3, 0.4) is 0 Å². The lowest BCUT2D eigenvalue weighted by Gasteiger charge is -2.36. The fourth-order valence-electron chi connectivity index (χ4n) is 3.33. The third kappa shape index (κ3) is 3.62. The second-order valence-corrected chi connectivity index (χ2v) is 6.39. The van der Waals surface area contributed by atoms with Gasteiger partial charge in [-0.15, -0.1) is 0 Å². The van der Waals surface area contributed by atoms with E-state index in [0.29, 0.717) is 13.1 Å². The number of carbonyl (C=O) groups is 1. The van der Waals surface area contributed by atoms with Crippen molar-refractivity contribution in [1.29, 1.82) is 0 Å². The van der Waals surface area contributed by atoms with Crippen LogP contribution in [0.25, 0.3) is 5.52 Å². The van der Waals surface area contributed by atoms with Crippen LogP contribution in [0.5, 0.6) is 0 Å². The average molecular weight is 313 g/mol. The molecule has 2 aromatic heterocycles. The normalized spacial score (nSPS) is 17.1. The van der Waals surface area contributed by atoms with Crippen molar-refractivity contribution in [3.8, 4) is 0 Å². The summed E-state index contributed by atoms with van der Waals surface area (Å²) in [7, 11) is 0. The number of hydrogen-bond donors (Lipinski definition) is 1. The predicted molar refractivity (Wildman–Crippen MR) is 88.8 cm³/mol. The molecular formula is C18H23N3O2. The van der Waals surface area contributed by atoms with E-state index in [-0.39, 0.29) is 5.91 Å². The van der Waals surface area contributed by atoms with Crippen LogP contribution >= 0.6 is 0 Å². The van der Waals surface area contributed by atoms with Crippen molar-refractivity contribution < 1.29 is 9.90 Å². The van der Waals surface area contributed by atoms with Crippen LogP contribution in [0.4, 0.5) is 0 Å². The van der Waals surface area contributed by atoms with Gasteiger partial charge in [0.05, 0.1) is 29.9 Å². The van der Waals surface area contributed by atoms with Crippen molar-refractivity contribution in [2.75, 3.05) is 6.54 Å². The number of aliphatic hydroxyl groups is 1. The lowest BCUT2D eigenvalue weighted by Crippen LogP contribution is -2.46. The SMILES string of the molecule is C=CC(=O)N(Cc1cc2ccccn2n1)CC1(O)CCCCC1. The van der Waals surface area contributed by atoms with Crippen LogP contribution < -0.4 is 0 Å². The molecule has 122 valence electrons. The van der Waals surface area contributed by atoms with E-state index in [1.54, 1.807) is 9.42 Å². The Labute approximate surface area is 136 Å². The lowest BCUT2D eigenvalue weighted by molar-refractivity contribution is -0.131. The molecule has 1 saturated carbocycles. The quantitative estimate of drug-likeness (QED) is 0.863. The van der Waals surface area contributed by atoms with Gasteiger partial charge >= 0.3 is 0 Å². The van der Waals surface area contributed by atoms with Crippen molar-refractivity contribution in [3.63, 3.8) is 0 Å². The summed E-state index contributed by atoms with van der Waals surface area (Å²) >= 11 is 0. The Morgan fingerprint density at radius 3 is 2.87 bits per heavy atom. The van der Waals surface area contributed by atoms with Crippen molar-refractivity contribution in [2.24, 2.45) is 0 Å². The maximum absolute atomic E-state index is 12.2. The van der Waals surface area contributed by atoms with Crippen LogP contribution in [0, 0.1) is 0 Å². The molecule has 0 unspecified atom stereocenters. The summed E-state index contributed by atoms with van der Waals surface area (Å²) < 4.78 is 1.79. The number of fused-ring (bicyclic) bond motifs is 1. The zero-order valence-corrected chi connectivity index (χ0v) is 13.3. The van der Waals surface area contributed by atoms with Gasteiger partial charge in [0.15, 0.2) is 0 Å². The number of amides is 1. The van der Waals surface area contributed by atoms with Crippen LogP contribution in [0.2, 0.25) is 0 Å². The Morgan fingerprint density at radius 1 is 1.39 bits per heavy atom. The van der Waals surface area contributed by atoms with Gasteiger partial charge in [-0.1, -0.05) is 31.9 Å². The fraction of sp³-hybridized carbons (Fsp3) is 0.444. The van der Waals surface area contributed by atoms with Gasteiger partial charge in [-0.05, 0) is 37.1 Å². The summed E-state index contributed by atoms with van der Waals surface area (Å²) in [6.07, 6.45) is 7.87. The second-order valence-electron chi connectivity index (χ2n) is 6.39. The van der Waals surface area contributed by atoms with Gasteiger partial charge < -0.3 is 10.0 Å². The zero-order valence-electron chi connectivity index (χ0n) is 13.3. The highest BCUT2D eigenvalue weighted by Gasteiger charge is 2.32. The first-order valence-corrected chi connectivity index (χ1v) is 8.17. The van der Waals surface area contributed by atoms with Gasteiger partial charge in [-0.3, -0.25) is 4.79 Å². The maximum Gasteiger partial charge on any atom is 0.246 e. The largest absolute Gasteiger partial charge is 0.388 e. The predicted octanol–water partition coefficient (Wildman–Crippen LogP) is 2.54. The molecule has 5 nitrogen and oxygen atoms in total. The molecule has 23 heavy (non-hydrogen) atoms. The monoisotopic (exact) mass is 313 g/mol. The molecule has 5 heteroatoms. The summed E-state index contributed by atoms with van der Waals surface area (Å²) in [5.41, 5.74) is 1.02. The van der Waals surface area contributed by atoms with Crippen LogP contribution in [0.1, 0.15) is 37.8 Å². The maximum atomic E-state index is 12.2. The Balaban J connectivity index is 1.78. The second kappa shape index (κ2) is 6.54. The Morgan fingerprint density at radius 2 is 2.17 bits per heavy atom. The van der Waals surface area contributed by atoms with E-state index in [4.69, 9.17) is 0 Å². The van der Waals surface area contributed by atoms with Crippen molar-refractivity contribution in [2.45, 2.75) is 44.2 Å². The van der Waals surface area contributed by atoms with Gasteiger partial charge in [-0.25, -0.2) is 4.52 Å². The van der Waals surface area contributed by atoms with Gasteiger partial charge in [0.1, 0.15) is 0 Å². The van der Waals surface area contributed by atoms with Crippen LogP contribution in [-0.2, 0) is 11.3 Å². The van der Waals surface area contributed by atoms with E-state index in [1.807, 2.05) is 30.5 Å². The molecule has 0 bridgehead atoms. The zero-order chi connectivity index (χ0) is 16.3. The third-order valence-electron chi connectivity index (χ3n) is 4.53. The number of carbonyl (C=O) groups excluding carboxylic acids is 1. The van der Waals surface area contributed by atoms with Crippen molar-refractivity contribution in [3.05, 3.63) is 48.8 Å². The van der Waals surface area contributed by atoms with E-state index < -0.39 is 5.60 Å². The summed E-state index contributed by atoms with van der Waals surface area (Å²) in [5.74, 6) is -0.166. The molecule has 2 heterocycles. The number of aromatic nitrogens is 2. The Hall–Kier alpha value is -2.14. The molecule has 1 aliphatic carbocycles. The molecule has 1 amide bonds. The minimum absolute atomic E-state index is 0.166. The number of rotatable bonds is 5. The first-order chi connectivity index (χ1) is 11.1. The number of nitrogens with zero attached hydrogens (tertiary/aromatic N) is 3. The molecule has 1 fully saturated rings. The first-order valence-electron chi connectivity index (χ1n) is 8.17. The molecule has 3 rings (SSSR count). The molecule has 0 atom stereocenters. The standard InChI is InChI=1S/C18H23N3O2/c1-2-17(22)20(14-18(23)9-5-3-6-10-18)13-15-12-16-8-4-7-11-21(16)19-15/h2,4,7-8,11-12,23H,1,3,5-6,9-10,13-14H2. The molecule has 0 radical (unpaired) electrons. The molecule has 1 aliphatic rings. The van der Waals surface area contributed by atoms with Gasteiger partial charge in [0.2, 0.25) is 5.91 Å². The molecule has 0 spiro atoms. The number of hydrogen-bond acceptors (Lipinski definition) is 3. The topological polar surface area (TPSA) is 57.8 Å².